The number of anilines is 1. The summed E-state index contributed by atoms with van der Waals surface area (Å²) in [5.74, 6) is 0.629. The highest BCUT2D eigenvalue weighted by atomic mass is 32.1. The number of amides is 2. The zero-order valence-electron chi connectivity index (χ0n) is 16.4. The molecule has 2 aromatic carbocycles. The van der Waals surface area contributed by atoms with E-state index in [1.165, 1.54) is 16.1 Å². The van der Waals surface area contributed by atoms with Crippen LogP contribution in [0.25, 0.3) is 21.5 Å². The van der Waals surface area contributed by atoms with E-state index in [1.807, 2.05) is 30.3 Å². The third-order valence-electron chi connectivity index (χ3n) is 4.93. The van der Waals surface area contributed by atoms with Gasteiger partial charge < -0.3 is 19.9 Å². The van der Waals surface area contributed by atoms with Gasteiger partial charge in [0, 0.05) is 29.6 Å². The summed E-state index contributed by atoms with van der Waals surface area (Å²) in [5, 5.41) is 9.14. The molecule has 5 nitrogen and oxygen atoms in total. The molecule has 2 heterocycles. The molecular weight excluding hydrogens is 382 g/mol. The first-order chi connectivity index (χ1) is 14.2. The van der Waals surface area contributed by atoms with Crippen LogP contribution in [0.4, 0.5) is 10.5 Å². The monoisotopic (exact) mass is 405 g/mol. The summed E-state index contributed by atoms with van der Waals surface area (Å²) in [4.78, 5) is 13.8. The second-order valence-corrected chi connectivity index (χ2v) is 7.52. The number of para-hydroxylation sites is 3. The van der Waals surface area contributed by atoms with Gasteiger partial charge in [-0.05, 0) is 36.6 Å². The first-order valence-electron chi connectivity index (χ1n) is 9.54. The van der Waals surface area contributed by atoms with Crippen LogP contribution in [0.1, 0.15) is 12.5 Å². The summed E-state index contributed by atoms with van der Waals surface area (Å²) < 4.78 is 7.62. The fraction of sp³-hybridized carbons (Fsp3) is 0.174. The summed E-state index contributed by atoms with van der Waals surface area (Å²) in [6, 6.07) is 19.6. The Bertz CT molecular complexity index is 1130. The fourth-order valence-electron chi connectivity index (χ4n) is 3.66. The van der Waals surface area contributed by atoms with E-state index < -0.39 is 0 Å². The van der Waals surface area contributed by atoms with Gasteiger partial charge in [0.2, 0.25) is 0 Å². The number of carbonyl (C=O) groups is 1. The maximum atomic E-state index is 12.6. The third kappa shape index (κ3) is 3.71. The highest BCUT2D eigenvalue weighted by molar-refractivity contribution is 7.13. The number of methoxy groups -OCH3 is 1. The van der Waals surface area contributed by atoms with E-state index in [1.54, 1.807) is 18.4 Å². The van der Waals surface area contributed by atoms with Crippen LogP contribution < -0.4 is 15.4 Å². The average Bonchev–Trinajstić information content (AvgIpc) is 3.38. The van der Waals surface area contributed by atoms with E-state index >= 15 is 0 Å². The Hall–Kier alpha value is -3.25. The van der Waals surface area contributed by atoms with Crippen molar-refractivity contribution in [3.63, 3.8) is 0 Å². The van der Waals surface area contributed by atoms with Gasteiger partial charge >= 0.3 is 6.03 Å². The predicted octanol–water partition coefficient (Wildman–Crippen LogP) is 5.72. The molecule has 2 amide bonds. The fourth-order valence-corrected chi connectivity index (χ4v) is 4.47. The molecule has 0 aliphatic rings. The molecule has 0 aliphatic heterocycles. The number of thiophene rings is 1. The van der Waals surface area contributed by atoms with Crippen molar-refractivity contribution in [3.8, 4) is 16.3 Å². The van der Waals surface area contributed by atoms with Crippen molar-refractivity contribution >= 4 is 34.0 Å². The van der Waals surface area contributed by atoms with Crippen LogP contribution in [0.15, 0.2) is 66.0 Å². The summed E-state index contributed by atoms with van der Waals surface area (Å²) in [7, 11) is 1.59. The van der Waals surface area contributed by atoms with Gasteiger partial charge in [-0.1, -0.05) is 36.4 Å². The summed E-state index contributed by atoms with van der Waals surface area (Å²) in [5.41, 5.74) is 4.11. The number of hydrogen-bond acceptors (Lipinski definition) is 3. The molecule has 0 spiro atoms. The van der Waals surface area contributed by atoms with E-state index in [2.05, 4.69) is 57.8 Å². The highest BCUT2D eigenvalue weighted by Crippen LogP contribution is 2.36. The summed E-state index contributed by atoms with van der Waals surface area (Å²) in [6.07, 6.45) is 0. The Morgan fingerprint density at radius 3 is 2.62 bits per heavy atom. The van der Waals surface area contributed by atoms with Crippen molar-refractivity contribution < 1.29 is 9.53 Å². The molecule has 29 heavy (non-hydrogen) atoms. The van der Waals surface area contributed by atoms with Crippen LogP contribution in [0.3, 0.4) is 0 Å². The number of benzene rings is 2. The largest absolute Gasteiger partial charge is 0.495 e. The van der Waals surface area contributed by atoms with Crippen molar-refractivity contribution in [1.29, 1.82) is 0 Å². The van der Waals surface area contributed by atoms with Crippen molar-refractivity contribution in [2.75, 3.05) is 12.4 Å². The van der Waals surface area contributed by atoms with E-state index in [9.17, 15) is 4.79 Å². The van der Waals surface area contributed by atoms with Gasteiger partial charge in [-0.2, -0.15) is 0 Å². The average molecular weight is 406 g/mol. The number of aryl methyl sites for hydroxylation is 1. The maximum absolute atomic E-state index is 12.6. The second kappa shape index (κ2) is 8.41. The molecule has 0 fully saturated rings. The first-order valence-corrected chi connectivity index (χ1v) is 10.4. The molecule has 148 valence electrons. The van der Waals surface area contributed by atoms with Crippen LogP contribution in [0.5, 0.6) is 5.75 Å². The molecule has 0 radical (unpaired) electrons. The lowest BCUT2D eigenvalue weighted by Crippen LogP contribution is -2.28. The third-order valence-corrected chi connectivity index (χ3v) is 5.80. The van der Waals surface area contributed by atoms with Crippen LogP contribution in [0, 0.1) is 0 Å². The van der Waals surface area contributed by atoms with Gasteiger partial charge in [0.15, 0.2) is 0 Å². The Kier molecular flexibility index (Phi) is 5.53. The Balaban J connectivity index is 1.64. The van der Waals surface area contributed by atoms with Crippen molar-refractivity contribution in [2.45, 2.75) is 20.0 Å². The summed E-state index contributed by atoms with van der Waals surface area (Å²) in [6.45, 7) is 3.44. The standard InChI is InChI=1S/C23H23N3O2S/c1-3-26-19-11-6-4-9-16(19)17(22(26)21-13-8-14-29-21)15-24-23(27)25-18-10-5-7-12-20(18)28-2/h4-14H,3,15H2,1-2H3,(H2,24,25,27). The van der Waals surface area contributed by atoms with Crippen LogP contribution in [0.2, 0.25) is 0 Å². The lowest BCUT2D eigenvalue weighted by Gasteiger charge is -2.12. The minimum atomic E-state index is -0.264. The highest BCUT2D eigenvalue weighted by Gasteiger charge is 2.19. The first kappa shape index (κ1) is 19.1. The molecule has 0 atom stereocenters. The molecule has 0 bridgehead atoms. The Labute approximate surface area is 173 Å². The molecule has 6 heteroatoms. The molecule has 4 rings (SSSR count). The quantitative estimate of drug-likeness (QED) is 0.431. The Morgan fingerprint density at radius 1 is 1.07 bits per heavy atom. The molecule has 0 unspecified atom stereocenters. The van der Waals surface area contributed by atoms with E-state index in [0.717, 1.165) is 17.5 Å². The number of hydrogen-bond donors (Lipinski definition) is 2. The van der Waals surface area contributed by atoms with Gasteiger partial charge in [0.1, 0.15) is 5.75 Å². The van der Waals surface area contributed by atoms with Gasteiger partial charge in [0.05, 0.1) is 23.4 Å². The molecule has 2 N–H and O–H groups in total. The number of aromatic nitrogens is 1. The SMILES string of the molecule is CCn1c(-c2cccs2)c(CNC(=O)Nc2ccccc2OC)c2ccccc21. The number of ether oxygens (including phenoxy) is 1. The Morgan fingerprint density at radius 2 is 1.86 bits per heavy atom. The molecule has 0 aliphatic carbocycles. The number of rotatable bonds is 6. The smallest absolute Gasteiger partial charge is 0.319 e. The topological polar surface area (TPSA) is 55.3 Å². The molecule has 0 saturated heterocycles. The lowest BCUT2D eigenvalue weighted by atomic mass is 10.1. The van der Waals surface area contributed by atoms with Gasteiger partial charge in [0.25, 0.3) is 0 Å². The number of nitrogens with zero attached hydrogens (tertiary/aromatic N) is 1. The van der Waals surface area contributed by atoms with Crippen LogP contribution >= 0.6 is 11.3 Å². The van der Waals surface area contributed by atoms with Crippen LogP contribution in [-0.4, -0.2) is 17.7 Å². The maximum Gasteiger partial charge on any atom is 0.319 e. The summed E-state index contributed by atoms with van der Waals surface area (Å²) >= 11 is 1.71. The van der Waals surface area contributed by atoms with E-state index in [4.69, 9.17) is 4.74 Å². The van der Waals surface area contributed by atoms with Crippen molar-refractivity contribution in [3.05, 3.63) is 71.6 Å². The lowest BCUT2D eigenvalue weighted by molar-refractivity contribution is 0.251. The zero-order valence-corrected chi connectivity index (χ0v) is 17.3. The van der Waals surface area contributed by atoms with Crippen molar-refractivity contribution in [1.82, 2.24) is 9.88 Å². The number of nitrogens with one attached hydrogen (secondary N) is 2. The van der Waals surface area contributed by atoms with Gasteiger partial charge in [-0.3, -0.25) is 0 Å². The van der Waals surface area contributed by atoms with Crippen LogP contribution in [-0.2, 0) is 13.1 Å². The number of carbonyl (C=O) groups excluding carboxylic acids is 1. The molecule has 0 saturated carbocycles. The number of fused-ring (bicyclic) bond motifs is 1. The van der Waals surface area contributed by atoms with Gasteiger partial charge in [-0.15, -0.1) is 11.3 Å². The normalized spacial score (nSPS) is 10.8. The second-order valence-electron chi connectivity index (χ2n) is 6.57. The zero-order chi connectivity index (χ0) is 20.2. The molecule has 4 aromatic rings. The van der Waals surface area contributed by atoms with Gasteiger partial charge in [-0.25, -0.2) is 4.79 Å². The minimum Gasteiger partial charge on any atom is -0.495 e. The number of urea groups is 1. The van der Waals surface area contributed by atoms with E-state index in [-0.39, 0.29) is 6.03 Å². The predicted molar refractivity (Wildman–Crippen MR) is 120 cm³/mol. The van der Waals surface area contributed by atoms with Crippen molar-refractivity contribution in [2.24, 2.45) is 0 Å². The minimum absolute atomic E-state index is 0.264. The van der Waals surface area contributed by atoms with E-state index in [0.29, 0.717) is 18.0 Å². The molecule has 2 aromatic heterocycles. The molecular formula is C23H23N3O2S.